The molecular weight excluding hydrogens is 383 g/mol. The summed E-state index contributed by atoms with van der Waals surface area (Å²) in [6.45, 7) is 0. The van der Waals surface area contributed by atoms with Crippen LogP contribution in [0.25, 0.3) is 0 Å². The largest absolute Gasteiger partial charge is 0.481 e. The van der Waals surface area contributed by atoms with Gasteiger partial charge >= 0.3 is 12.1 Å². The Hall–Kier alpha value is -2.54. The van der Waals surface area contributed by atoms with E-state index in [4.69, 9.17) is 16.7 Å². The number of nitrogens with one attached hydrogen (secondary N) is 1. The normalized spacial score (nSPS) is 12.4. The van der Waals surface area contributed by atoms with Gasteiger partial charge in [0.1, 0.15) is 0 Å². The Labute approximate surface area is 159 Å². The number of amides is 1. The first-order valence-electron chi connectivity index (χ1n) is 8.06. The van der Waals surface area contributed by atoms with Crippen LogP contribution in [0.5, 0.6) is 0 Å². The fourth-order valence-electron chi connectivity index (χ4n) is 2.59. The molecule has 0 saturated carbocycles. The quantitative estimate of drug-likeness (QED) is 0.736. The number of benzene rings is 2. The fraction of sp³-hybridized carbons (Fsp3) is 0.263. The van der Waals surface area contributed by atoms with Crippen molar-refractivity contribution in [2.24, 2.45) is 0 Å². The van der Waals surface area contributed by atoms with Crippen LogP contribution in [-0.4, -0.2) is 23.0 Å². The third-order valence-electron chi connectivity index (χ3n) is 3.86. The first-order chi connectivity index (χ1) is 12.6. The predicted molar refractivity (Wildman–Crippen MR) is 94.5 cm³/mol. The number of halogens is 4. The summed E-state index contributed by atoms with van der Waals surface area (Å²) in [6.07, 6.45) is -4.72. The van der Waals surface area contributed by atoms with Gasteiger partial charge in [0, 0.05) is 11.1 Å². The molecule has 8 heteroatoms. The van der Waals surface area contributed by atoms with Gasteiger partial charge in [-0.1, -0.05) is 41.9 Å². The molecule has 2 N–H and O–H groups in total. The van der Waals surface area contributed by atoms with Crippen LogP contribution >= 0.6 is 11.6 Å². The average Bonchev–Trinajstić information content (AvgIpc) is 2.56. The molecule has 0 aliphatic carbocycles. The van der Waals surface area contributed by atoms with Crippen molar-refractivity contribution in [3.63, 3.8) is 0 Å². The number of rotatable bonds is 7. The van der Waals surface area contributed by atoms with E-state index in [-0.39, 0.29) is 19.3 Å². The molecule has 0 aliphatic heterocycles. The molecule has 1 atom stereocenters. The minimum absolute atomic E-state index is 0.0250. The molecule has 144 valence electrons. The van der Waals surface area contributed by atoms with E-state index < -0.39 is 29.7 Å². The van der Waals surface area contributed by atoms with Crippen molar-refractivity contribution in [1.82, 2.24) is 5.32 Å². The molecule has 0 aromatic heterocycles. The summed E-state index contributed by atoms with van der Waals surface area (Å²) in [7, 11) is 0. The molecule has 0 aliphatic rings. The Morgan fingerprint density at radius 2 is 1.70 bits per heavy atom. The van der Waals surface area contributed by atoms with E-state index in [9.17, 15) is 22.8 Å². The molecule has 1 amide bonds. The Kier molecular flexibility index (Phi) is 6.85. The summed E-state index contributed by atoms with van der Waals surface area (Å²) in [5, 5.41) is 12.1. The highest BCUT2D eigenvalue weighted by atomic mass is 35.5. The summed E-state index contributed by atoms with van der Waals surface area (Å²) in [5.74, 6) is -1.54. The smallest absolute Gasteiger partial charge is 0.416 e. The van der Waals surface area contributed by atoms with E-state index in [0.29, 0.717) is 16.1 Å². The maximum atomic E-state index is 12.6. The van der Waals surface area contributed by atoms with E-state index in [2.05, 4.69) is 5.32 Å². The maximum Gasteiger partial charge on any atom is 0.416 e. The molecule has 0 heterocycles. The van der Waals surface area contributed by atoms with Gasteiger partial charge in [-0.05, 0) is 35.7 Å². The second-order valence-electron chi connectivity index (χ2n) is 6.03. The number of carboxylic acids is 1. The Morgan fingerprint density at radius 3 is 2.26 bits per heavy atom. The molecule has 0 saturated heterocycles. The van der Waals surface area contributed by atoms with E-state index in [1.54, 1.807) is 24.3 Å². The molecule has 4 nitrogen and oxygen atoms in total. The van der Waals surface area contributed by atoms with Crippen LogP contribution in [0.3, 0.4) is 0 Å². The zero-order valence-corrected chi connectivity index (χ0v) is 14.8. The fourth-order valence-corrected chi connectivity index (χ4v) is 2.80. The van der Waals surface area contributed by atoms with E-state index >= 15 is 0 Å². The maximum absolute atomic E-state index is 12.6. The molecule has 2 rings (SSSR count). The Balaban J connectivity index is 2.05. The molecule has 1 unspecified atom stereocenters. The van der Waals surface area contributed by atoms with Gasteiger partial charge in [0.15, 0.2) is 0 Å². The lowest BCUT2D eigenvalue weighted by molar-refractivity contribution is -0.138. The average molecular weight is 400 g/mol. The number of hydrogen-bond donors (Lipinski definition) is 2. The molecular formula is C19H17ClF3NO3. The van der Waals surface area contributed by atoms with E-state index in [1.165, 1.54) is 12.1 Å². The van der Waals surface area contributed by atoms with Crippen molar-refractivity contribution in [3.8, 4) is 0 Å². The van der Waals surface area contributed by atoms with Gasteiger partial charge in [0.25, 0.3) is 0 Å². The summed E-state index contributed by atoms with van der Waals surface area (Å²) < 4.78 is 37.9. The summed E-state index contributed by atoms with van der Waals surface area (Å²) in [6, 6.07) is 10.4. The van der Waals surface area contributed by atoms with Crippen LogP contribution in [0.1, 0.15) is 23.1 Å². The van der Waals surface area contributed by atoms with Crippen molar-refractivity contribution < 1.29 is 27.9 Å². The zero-order valence-electron chi connectivity index (χ0n) is 14.1. The van der Waals surface area contributed by atoms with Gasteiger partial charge in [-0.3, -0.25) is 9.59 Å². The second kappa shape index (κ2) is 8.90. The third-order valence-corrected chi connectivity index (χ3v) is 4.23. The van der Waals surface area contributed by atoms with Crippen molar-refractivity contribution in [2.45, 2.75) is 31.5 Å². The summed E-state index contributed by atoms with van der Waals surface area (Å²) in [5.41, 5.74) is 0.302. The Morgan fingerprint density at radius 1 is 1.07 bits per heavy atom. The van der Waals surface area contributed by atoms with Crippen LogP contribution < -0.4 is 5.32 Å². The molecule has 0 radical (unpaired) electrons. The standard InChI is InChI=1S/C19H17ClF3NO3/c20-16-4-2-1-3-13(16)10-17(25)24-15(11-18(26)27)9-12-5-7-14(8-6-12)19(21,22)23/h1-8,15H,9-11H2,(H,24,25)(H,26,27). The first kappa shape index (κ1) is 20.8. The third kappa shape index (κ3) is 6.60. The minimum atomic E-state index is -4.44. The molecule has 0 bridgehead atoms. The van der Waals surface area contributed by atoms with Gasteiger partial charge in [0.2, 0.25) is 5.91 Å². The SMILES string of the molecule is O=C(O)CC(Cc1ccc(C(F)(F)F)cc1)NC(=O)Cc1ccccc1Cl. The number of alkyl halides is 3. The molecule has 0 spiro atoms. The van der Waals surface area contributed by atoms with E-state index in [1.807, 2.05) is 0 Å². The lowest BCUT2D eigenvalue weighted by Gasteiger charge is -2.18. The first-order valence-corrected chi connectivity index (χ1v) is 8.43. The number of carbonyl (C=O) groups is 2. The number of carbonyl (C=O) groups excluding carboxylic acids is 1. The highest BCUT2D eigenvalue weighted by Gasteiger charge is 2.30. The van der Waals surface area contributed by atoms with Crippen molar-refractivity contribution >= 4 is 23.5 Å². The molecule has 2 aromatic rings. The van der Waals surface area contributed by atoms with Gasteiger partial charge in [-0.2, -0.15) is 13.2 Å². The van der Waals surface area contributed by atoms with Crippen LogP contribution in [0.2, 0.25) is 5.02 Å². The zero-order chi connectivity index (χ0) is 20.0. The lowest BCUT2D eigenvalue weighted by Crippen LogP contribution is -2.39. The minimum Gasteiger partial charge on any atom is -0.481 e. The lowest BCUT2D eigenvalue weighted by atomic mass is 10.0. The topological polar surface area (TPSA) is 66.4 Å². The van der Waals surface area contributed by atoms with Crippen LogP contribution in [-0.2, 0) is 28.6 Å². The van der Waals surface area contributed by atoms with Gasteiger partial charge in [-0.25, -0.2) is 0 Å². The van der Waals surface area contributed by atoms with Crippen molar-refractivity contribution in [2.75, 3.05) is 0 Å². The van der Waals surface area contributed by atoms with Crippen LogP contribution in [0, 0.1) is 0 Å². The second-order valence-corrected chi connectivity index (χ2v) is 6.44. The number of aliphatic carboxylic acids is 1. The van der Waals surface area contributed by atoms with Crippen LogP contribution in [0.15, 0.2) is 48.5 Å². The van der Waals surface area contributed by atoms with Crippen LogP contribution in [0.4, 0.5) is 13.2 Å². The Bertz CT molecular complexity index is 807. The molecule has 2 aromatic carbocycles. The summed E-state index contributed by atoms with van der Waals surface area (Å²) in [4.78, 5) is 23.3. The van der Waals surface area contributed by atoms with Crippen molar-refractivity contribution in [1.29, 1.82) is 0 Å². The van der Waals surface area contributed by atoms with Gasteiger partial charge in [-0.15, -0.1) is 0 Å². The van der Waals surface area contributed by atoms with E-state index in [0.717, 1.165) is 12.1 Å². The van der Waals surface area contributed by atoms with Crippen molar-refractivity contribution in [3.05, 3.63) is 70.2 Å². The number of hydrogen-bond acceptors (Lipinski definition) is 2. The number of carboxylic acid groups (broad SMARTS) is 1. The summed E-state index contributed by atoms with van der Waals surface area (Å²) >= 11 is 6.00. The molecule has 0 fully saturated rings. The highest BCUT2D eigenvalue weighted by molar-refractivity contribution is 6.31. The highest BCUT2D eigenvalue weighted by Crippen LogP contribution is 2.29. The van der Waals surface area contributed by atoms with Gasteiger partial charge in [0.05, 0.1) is 18.4 Å². The molecule has 27 heavy (non-hydrogen) atoms. The van der Waals surface area contributed by atoms with Gasteiger partial charge < -0.3 is 10.4 Å². The predicted octanol–water partition coefficient (Wildman–Crippen LogP) is 4.10. The monoisotopic (exact) mass is 399 g/mol.